The maximum atomic E-state index is 13.1. The minimum absolute atomic E-state index is 0.00800. The first-order valence-corrected chi connectivity index (χ1v) is 11.5. The van der Waals surface area contributed by atoms with Crippen LogP contribution in [0.25, 0.3) is 0 Å². The Morgan fingerprint density at radius 1 is 1.14 bits per heavy atom. The fraction of sp³-hybridized carbons (Fsp3) is 0.417. The number of ether oxygens (including phenoxy) is 3. The standard InChI is InChI=1S/C24H29ClN2O9/c1-4-36-24(33)21-17(12-35-10-9-26-16(22(30)31)11-18(28)29)27-13(2)19(23(32)34-3)20(21)14-7-5-6-8-15(14)25/h5-8,16,20,26-27H,4,9-12H2,1-3H3,(H,28,29)(H,30,31). The summed E-state index contributed by atoms with van der Waals surface area (Å²) >= 11 is 6.45. The average Bonchev–Trinajstić information content (AvgIpc) is 2.82. The third-order valence-corrected chi connectivity index (χ3v) is 5.67. The van der Waals surface area contributed by atoms with Crippen molar-refractivity contribution in [3.8, 4) is 0 Å². The molecule has 0 amide bonds. The van der Waals surface area contributed by atoms with Crippen molar-refractivity contribution in [1.82, 2.24) is 10.6 Å². The van der Waals surface area contributed by atoms with Crippen molar-refractivity contribution < 1.29 is 43.6 Å². The van der Waals surface area contributed by atoms with Crippen LogP contribution in [0, 0.1) is 0 Å². The number of rotatable bonds is 13. The van der Waals surface area contributed by atoms with Gasteiger partial charge in [0, 0.05) is 17.3 Å². The molecule has 2 atom stereocenters. The van der Waals surface area contributed by atoms with E-state index in [1.54, 1.807) is 38.1 Å². The van der Waals surface area contributed by atoms with Gasteiger partial charge in [-0.25, -0.2) is 9.59 Å². The summed E-state index contributed by atoms with van der Waals surface area (Å²) in [5, 5.41) is 23.9. The van der Waals surface area contributed by atoms with E-state index >= 15 is 0 Å². The number of carbonyl (C=O) groups is 4. The first-order valence-electron chi connectivity index (χ1n) is 11.1. The smallest absolute Gasteiger partial charge is 0.336 e. The lowest BCUT2D eigenvalue weighted by Crippen LogP contribution is -2.40. The van der Waals surface area contributed by atoms with Gasteiger partial charge >= 0.3 is 23.9 Å². The van der Waals surface area contributed by atoms with Crippen LogP contribution in [0.5, 0.6) is 0 Å². The number of methoxy groups -OCH3 is 1. The second-order valence-corrected chi connectivity index (χ2v) is 8.13. The van der Waals surface area contributed by atoms with Crippen LogP contribution in [-0.4, -0.2) is 73.6 Å². The van der Waals surface area contributed by atoms with E-state index < -0.39 is 42.3 Å². The van der Waals surface area contributed by atoms with Crippen LogP contribution in [0.1, 0.15) is 31.7 Å². The molecule has 2 rings (SSSR count). The normalized spacial score (nSPS) is 16.3. The van der Waals surface area contributed by atoms with E-state index in [0.717, 1.165) is 0 Å². The molecule has 2 unspecified atom stereocenters. The van der Waals surface area contributed by atoms with Crippen LogP contribution in [-0.2, 0) is 33.4 Å². The number of nitrogens with one attached hydrogen (secondary N) is 2. The molecule has 0 aliphatic carbocycles. The van der Waals surface area contributed by atoms with Crippen molar-refractivity contribution >= 4 is 35.5 Å². The highest BCUT2D eigenvalue weighted by atomic mass is 35.5. The van der Waals surface area contributed by atoms with Gasteiger partial charge in [-0.15, -0.1) is 0 Å². The highest BCUT2D eigenvalue weighted by molar-refractivity contribution is 6.31. The van der Waals surface area contributed by atoms with Crippen molar-refractivity contribution in [2.24, 2.45) is 0 Å². The molecule has 12 heteroatoms. The fourth-order valence-corrected chi connectivity index (χ4v) is 4.01. The number of carboxylic acid groups (broad SMARTS) is 2. The van der Waals surface area contributed by atoms with Gasteiger partial charge in [0.15, 0.2) is 0 Å². The summed E-state index contributed by atoms with van der Waals surface area (Å²) in [5.41, 5.74) is 1.59. The molecule has 4 N–H and O–H groups in total. The number of benzene rings is 1. The van der Waals surface area contributed by atoms with Crippen LogP contribution in [0.3, 0.4) is 0 Å². The number of allylic oxidation sites excluding steroid dienone is 1. The van der Waals surface area contributed by atoms with E-state index in [2.05, 4.69) is 10.6 Å². The second kappa shape index (κ2) is 13.6. The van der Waals surface area contributed by atoms with Crippen LogP contribution in [0.15, 0.2) is 46.8 Å². The van der Waals surface area contributed by atoms with Crippen LogP contribution in [0.4, 0.5) is 0 Å². The lowest BCUT2D eigenvalue weighted by molar-refractivity contribution is -0.146. The Labute approximate surface area is 213 Å². The van der Waals surface area contributed by atoms with Crippen molar-refractivity contribution in [2.75, 3.05) is 33.5 Å². The average molecular weight is 525 g/mol. The van der Waals surface area contributed by atoms with E-state index in [0.29, 0.717) is 22.0 Å². The Kier molecular flexibility index (Phi) is 10.9. The van der Waals surface area contributed by atoms with Crippen molar-refractivity contribution in [3.05, 3.63) is 57.4 Å². The number of carboxylic acids is 2. The second-order valence-electron chi connectivity index (χ2n) is 7.72. The van der Waals surface area contributed by atoms with Gasteiger partial charge in [0.1, 0.15) is 6.04 Å². The van der Waals surface area contributed by atoms with Crippen LogP contribution < -0.4 is 10.6 Å². The number of esters is 2. The van der Waals surface area contributed by atoms with Crippen molar-refractivity contribution in [3.63, 3.8) is 0 Å². The summed E-state index contributed by atoms with van der Waals surface area (Å²) in [6, 6.07) is 5.52. The van der Waals surface area contributed by atoms with Gasteiger partial charge in [0.2, 0.25) is 0 Å². The molecule has 11 nitrogen and oxygen atoms in total. The summed E-state index contributed by atoms with van der Waals surface area (Å²) in [5.74, 6) is -4.75. The van der Waals surface area contributed by atoms with Crippen LogP contribution in [0.2, 0.25) is 5.02 Å². The fourth-order valence-electron chi connectivity index (χ4n) is 3.76. The predicted molar refractivity (Wildman–Crippen MR) is 128 cm³/mol. The molecule has 1 aliphatic heterocycles. The molecule has 0 aromatic heterocycles. The minimum atomic E-state index is -1.29. The Bertz CT molecular complexity index is 1070. The molecular weight excluding hydrogens is 496 g/mol. The highest BCUT2D eigenvalue weighted by Gasteiger charge is 2.39. The predicted octanol–water partition coefficient (Wildman–Crippen LogP) is 1.83. The summed E-state index contributed by atoms with van der Waals surface area (Å²) in [6.45, 7) is 3.34. The molecule has 0 saturated carbocycles. The van der Waals surface area contributed by atoms with Gasteiger partial charge in [0.25, 0.3) is 0 Å². The lowest BCUT2D eigenvalue weighted by atomic mass is 9.80. The van der Waals surface area contributed by atoms with E-state index in [4.69, 9.17) is 36.0 Å². The maximum absolute atomic E-state index is 13.1. The summed E-state index contributed by atoms with van der Waals surface area (Å²) in [4.78, 5) is 47.8. The molecule has 0 radical (unpaired) electrons. The molecule has 36 heavy (non-hydrogen) atoms. The van der Waals surface area contributed by atoms with Crippen molar-refractivity contribution in [2.45, 2.75) is 32.2 Å². The molecule has 0 spiro atoms. The maximum Gasteiger partial charge on any atom is 0.336 e. The Morgan fingerprint density at radius 2 is 1.83 bits per heavy atom. The van der Waals surface area contributed by atoms with Gasteiger partial charge < -0.3 is 35.1 Å². The van der Waals surface area contributed by atoms with Gasteiger partial charge in [-0.3, -0.25) is 9.59 Å². The third-order valence-electron chi connectivity index (χ3n) is 5.32. The van der Waals surface area contributed by atoms with Gasteiger partial charge in [0.05, 0.1) is 56.1 Å². The van der Waals surface area contributed by atoms with Crippen LogP contribution >= 0.6 is 11.6 Å². The van der Waals surface area contributed by atoms with Gasteiger partial charge in [-0.1, -0.05) is 29.8 Å². The summed E-state index contributed by atoms with van der Waals surface area (Å²) < 4.78 is 15.9. The van der Waals surface area contributed by atoms with Gasteiger partial charge in [-0.05, 0) is 25.5 Å². The molecular formula is C24H29ClN2O9. The van der Waals surface area contributed by atoms with Crippen molar-refractivity contribution in [1.29, 1.82) is 0 Å². The zero-order valence-corrected chi connectivity index (χ0v) is 20.9. The number of dihydropyridines is 1. The zero-order chi connectivity index (χ0) is 26.8. The van der Waals surface area contributed by atoms with E-state index in [9.17, 15) is 19.2 Å². The highest BCUT2D eigenvalue weighted by Crippen LogP contribution is 2.41. The molecule has 1 heterocycles. The Hall–Kier alpha value is -3.41. The van der Waals surface area contributed by atoms with E-state index in [1.807, 2.05) is 0 Å². The molecule has 0 saturated heterocycles. The summed E-state index contributed by atoms with van der Waals surface area (Å²) in [6.07, 6.45) is -0.588. The van der Waals surface area contributed by atoms with E-state index in [-0.39, 0.29) is 37.5 Å². The molecule has 1 aliphatic rings. The molecule has 0 bridgehead atoms. The first-order chi connectivity index (χ1) is 17.1. The van der Waals surface area contributed by atoms with E-state index in [1.165, 1.54) is 7.11 Å². The first kappa shape index (κ1) is 28.8. The monoisotopic (exact) mass is 524 g/mol. The SMILES string of the molecule is CCOC(=O)C1=C(COCCNC(CC(=O)O)C(=O)O)NC(C)=C(C(=O)OC)C1c1ccccc1Cl. The Balaban J connectivity index is 2.35. The quantitative estimate of drug-likeness (QED) is 0.220. The number of hydrogen-bond donors (Lipinski definition) is 4. The molecule has 0 fully saturated rings. The lowest BCUT2D eigenvalue weighted by Gasteiger charge is -2.31. The topological polar surface area (TPSA) is 160 Å². The number of carbonyl (C=O) groups excluding carboxylic acids is 2. The molecule has 196 valence electrons. The molecule has 1 aromatic carbocycles. The third kappa shape index (κ3) is 7.30. The number of hydrogen-bond acceptors (Lipinski definition) is 9. The summed E-state index contributed by atoms with van der Waals surface area (Å²) in [7, 11) is 1.24. The Morgan fingerprint density at radius 3 is 2.42 bits per heavy atom. The largest absolute Gasteiger partial charge is 0.481 e. The van der Waals surface area contributed by atoms with Gasteiger partial charge in [-0.2, -0.15) is 0 Å². The molecule has 1 aromatic rings. The number of aliphatic carboxylic acids is 2. The number of halogens is 1. The minimum Gasteiger partial charge on any atom is -0.481 e. The zero-order valence-electron chi connectivity index (χ0n) is 20.1.